The molecule has 4 heterocycles. The van der Waals surface area contributed by atoms with Gasteiger partial charge in [-0.25, -0.2) is 9.18 Å². The molecule has 1 aliphatic carbocycles. The monoisotopic (exact) mass is 485 g/mol. The molecule has 4 aliphatic heterocycles. The zero-order valence-electron chi connectivity index (χ0n) is 20.6. The molecule has 7 nitrogen and oxygen atoms in total. The summed E-state index contributed by atoms with van der Waals surface area (Å²) in [5.74, 6) is 0.326. The highest BCUT2D eigenvalue weighted by atomic mass is 19.1. The minimum absolute atomic E-state index is 0.0215. The van der Waals surface area contributed by atoms with Gasteiger partial charge in [0.1, 0.15) is 11.9 Å². The van der Waals surface area contributed by atoms with Crippen molar-refractivity contribution in [3.63, 3.8) is 0 Å². The van der Waals surface area contributed by atoms with Crippen molar-refractivity contribution in [1.29, 1.82) is 0 Å². The van der Waals surface area contributed by atoms with Gasteiger partial charge in [-0.05, 0) is 81.3 Å². The van der Waals surface area contributed by atoms with Gasteiger partial charge < -0.3 is 24.2 Å². The Morgan fingerprint density at radius 2 is 1.97 bits per heavy atom. The third kappa shape index (κ3) is 4.12. The third-order valence-electron chi connectivity index (χ3n) is 9.33. The first-order chi connectivity index (χ1) is 16.9. The number of nitrogens with zero attached hydrogens (tertiary/aromatic N) is 3. The number of likely N-dealkylation sites (tertiary alicyclic amines) is 2. The van der Waals surface area contributed by atoms with Gasteiger partial charge in [0.15, 0.2) is 0 Å². The van der Waals surface area contributed by atoms with Crippen molar-refractivity contribution < 1.29 is 23.5 Å². The first-order valence-electron chi connectivity index (χ1n) is 13.3. The highest BCUT2D eigenvalue weighted by molar-refractivity contribution is 5.94. The SMILES string of the molecule is CC(=O)N1CC2(CCN(C3CC4CCCN(C(=O)O[C@@H]5CCOC5)C4C3)CC2)c2cc(F)ccc21. The number of piperidine rings is 2. The molecule has 0 radical (unpaired) electrons. The molecule has 35 heavy (non-hydrogen) atoms. The highest BCUT2D eigenvalue weighted by Gasteiger charge is 2.49. The van der Waals surface area contributed by atoms with E-state index in [2.05, 4.69) is 4.90 Å². The van der Waals surface area contributed by atoms with Gasteiger partial charge in [0, 0.05) is 49.6 Å². The maximum Gasteiger partial charge on any atom is 0.410 e. The predicted molar refractivity (Wildman–Crippen MR) is 129 cm³/mol. The van der Waals surface area contributed by atoms with Crippen LogP contribution >= 0.6 is 0 Å². The van der Waals surface area contributed by atoms with Crippen LogP contribution in [-0.4, -0.2) is 79.4 Å². The second-order valence-electron chi connectivity index (χ2n) is 11.2. The molecule has 3 unspecified atom stereocenters. The number of carbonyl (C=O) groups is 2. The van der Waals surface area contributed by atoms with Crippen molar-refractivity contribution in [2.24, 2.45) is 5.92 Å². The number of carbonyl (C=O) groups excluding carboxylic acids is 2. The fourth-order valence-electron chi connectivity index (χ4n) is 7.46. The second-order valence-corrected chi connectivity index (χ2v) is 11.2. The van der Waals surface area contributed by atoms with E-state index < -0.39 is 0 Å². The van der Waals surface area contributed by atoms with Crippen LogP contribution in [0.15, 0.2) is 18.2 Å². The number of halogens is 1. The van der Waals surface area contributed by atoms with Gasteiger partial charge in [-0.2, -0.15) is 0 Å². The molecule has 4 atom stereocenters. The van der Waals surface area contributed by atoms with Crippen molar-refractivity contribution in [1.82, 2.24) is 9.80 Å². The van der Waals surface area contributed by atoms with Crippen molar-refractivity contribution in [3.05, 3.63) is 29.6 Å². The zero-order chi connectivity index (χ0) is 24.2. The number of benzene rings is 1. The maximum absolute atomic E-state index is 14.2. The number of ether oxygens (including phenoxy) is 2. The van der Waals surface area contributed by atoms with E-state index in [0.29, 0.717) is 31.7 Å². The number of hydrogen-bond donors (Lipinski definition) is 0. The summed E-state index contributed by atoms with van der Waals surface area (Å²) in [7, 11) is 0. The van der Waals surface area contributed by atoms with Gasteiger partial charge in [0.25, 0.3) is 0 Å². The normalized spacial score (nSPS) is 32.1. The Labute approximate surface area is 206 Å². The predicted octanol–water partition coefficient (Wildman–Crippen LogP) is 3.69. The molecular weight excluding hydrogens is 449 g/mol. The number of rotatable bonds is 2. The Kier molecular flexibility index (Phi) is 6.00. The molecule has 5 aliphatic rings. The fourth-order valence-corrected chi connectivity index (χ4v) is 7.46. The molecule has 0 bridgehead atoms. The van der Waals surface area contributed by atoms with E-state index in [1.54, 1.807) is 19.1 Å². The fraction of sp³-hybridized carbons (Fsp3) is 0.704. The van der Waals surface area contributed by atoms with E-state index in [1.165, 1.54) is 12.5 Å². The topological polar surface area (TPSA) is 62.3 Å². The second kappa shape index (κ2) is 9.04. The largest absolute Gasteiger partial charge is 0.444 e. The molecule has 1 saturated carbocycles. The first kappa shape index (κ1) is 23.2. The van der Waals surface area contributed by atoms with E-state index in [0.717, 1.165) is 69.4 Å². The van der Waals surface area contributed by atoms with E-state index in [9.17, 15) is 14.0 Å². The van der Waals surface area contributed by atoms with Crippen LogP contribution in [-0.2, 0) is 19.7 Å². The van der Waals surface area contributed by atoms with Crippen LogP contribution in [0, 0.1) is 11.7 Å². The molecule has 1 spiro atoms. The lowest BCUT2D eigenvalue weighted by Gasteiger charge is -2.42. The Bertz CT molecular complexity index is 989. The molecule has 0 aromatic heterocycles. The van der Waals surface area contributed by atoms with Crippen LogP contribution in [0.2, 0.25) is 0 Å². The smallest absolute Gasteiger partial charge is 0.410 e. The Hall–Kier alpha value is -2.19. The average Bonchev–Trinajstić information content (AvgIpc) is 3.58. The summed E-state index contributed by atoms with van der Waals surface area (Å²) in [4.78, 5) is 31.7. The molecule has 2 amide bonds. The van der Waals surface area contributed by atoms with Crippen molar-refractivity contribution >= 4 is 17.7 Å². The molecule has 1 aromatic rings. The van der Waals surface area contributed by atoms with Gasteiger partial charge in [0.2, 0.25) is 5.91 Å². The number of amides is 2. The Balaban J connectivity index is 1.12. The molecule has 6 rings (SSSR count). The lowest BCUT2D eigenvalue weighted by molar-refractivity contribution is -0.116. The molecular formula is C27H36FN3O4. The number of anilines is 1. The molecule has 3 saturated heterocycles. The van der Waals surface area contributed by atoms with Gasteiger partial charge in [-0.15, -0.1) is 0 Å². The van der Waals surface area contributed by atoms with Crippen molar-refractivity contribution in [3.8, 4) is 0 Å². The molecule has 0 N–H and O–H groups in total. The van der Waals surface area contributed by atoms with Crippen LogP contribution in [0.5, 0.6) is 0 Å². The summed E-state index contributed by atoms with van der Waals surface area (Å²) in [6.07, 6.45) is 6.71. The van der Waals surface area contributed by atoms with E-state index in [-0.39, 0.29) is 35.4 Å². The van der Waals surface area contributed by atoms with Crippen LogP contribution in [0.3, 0.4) is 0 Å². The summed E-state index contributed by atoms with van der Waals surface area (Å²) in [6, 6.07) is 5.59. The average molecular weight is 486 g/mol. The minimum atomic E-state index is -0.230. The van der Waals surface area contributed by atoms with Crippen molar-refractivity contribution in [2.75, 3.05) is 44.3 Å². The van der Waals surface area contributed by atoms with Crippen molar-refractivity contribution in [2.45, 2.75) is 75.5 Å². The zero-order valence-corrected chi connectivity index (χ0v) is 20.6. The lowest BCUT2D eigenvalue weighted by atomic mass is 9.74. The lowest BCUT2D eigenvalue weighted by Crippen LogP contribution is -2.49. The summed E-state index contributed by atoms with van der Waals surface area (Å²) < 4.78 is 25.3. The maximum atomic E-state index is 14.2. The minimum Gasteiger partial charge on any atom is -0.444 e. The van der Waals surface area contributed by atoms with Gasteiger partial charge >= 0.3 is 6.09 Å². The Morgan fingerprint density at radius 1 is 1.14 bits per heavy atom. The summed E-state index contributed by atoms with van der Waals surface area (Å²) in [5.41, 5.74) is 1.71. The van der Waals surface area contributed by atoms with Crippen LogP contribution in [0.4, 0.5) is 14.9 Å². The quantitative estimate of drug-likeness (QED) is 0.639. The Morgan fingerprint density at radius 3 is 2.71 bits per heavy atom. The number of fused-ring (bicyclic) bond motifs is 3. The summed E-state index contributed by atoms with van der Waals surface area (Å²) >= 11 is 0. The van der Waals surface area contributed by atoms with Gasteiger partial charge in [0.05, 0.1) is 13.2 Å². The third-order valence-corrected chi connectivity index (χ3v) is 9.33. The van der Waals surface area contributed by atoms with E-state index in [1.807, 2.05) is 9.80 Å². The van der Waals surface area contributed by atoms with Gasteiger partial charge in [-0.1, -0.05) is 0 Å². The van der Waals surface area contributed by atoms with E-state index >= 15 is 0 Å². The first-order valence-corrected chi connectivity index (χ1v) is 13.3. The van der Waals surface area contributed by atoms with E-state index in [4.69, 9.17) is 9.47 Å². The standard InChI is InChI=1S/C27H36FN3O4/c1-18(32)31-17-27(23-14-20(28)4-5-24(23)31)7-10-29(11-8-27)21-13-19-3-2-9-30(25(19)15-21)26(33)35-22-6-12-34-16-22/h4-5,14,19,21-22,25H,2-3,6-13,15-17H2,1H3/t19?,21?,22-,25?/m1/s1. The van der Waals surface area contributed by atoms with Crippen LogP contribution in [0.1, 0.15) is 57.4 Å². The summed E-state index contributed by atoms with van der Waals surface area (Å²) in [6.45, 7) is 6.09. The van der Waals surface area contributed by atoms with Crippen LogP contribution < -0.4 is 4.90 Å². The molecule has 1 aromatic carbocycles. The molecule has 4 fully saturated rings. The highest BCUT2D eigenvalue weighted by Crippen LogP contribution is 2.49. The molecule has 8 heteroatoms. The van der Waals surface area contributed by atoms with Crippen LogP contribution in [0.25, 0.3) is 0 Å². The number of hydrogen-bond acceptors (Lipinski definition) is 5. The summed E-state index contributed by atoms with van der Waals surface area (Å²) in [5, 5.41) is 0. The van der Waals surface area contributed by atoms with Gasteiger partial charge in [-0.3, -0.25) is 4.79 Å². The molecule has 190 valence electrons.